The second kappa shape index (κ2) is 8.78. The number of hydrogen-bond donors (Lipinski definition) is 2. The second-order valence-corrected chi connectivity index (χ2v) is 9.40. The lowest BCUT2D eigenvalue weighted by molar-refractivity contribution is 0.0528. The minimum atomic E-state index is -3.87. The standard InChI is InChI=1S/C22H23N7O4S/c23-21-20-17(26-34(31,32)27-21)5-3-6-18(20)33-13-16-4-1-2-10-29(16)22(30)15-7-8-25-19(12-15)28-11-9-24-14-28/h3,5-9,11-12,14,16,26H,1-2,4,10,13H2,(H2,23,27). The highest BCUT2D eigenvalue weighted by atomic mass is 32.2. The van der Waals surface area contributed by atoms with Crippen molar-refractivity contribution < 1.29 is 17.9 Å². The van der Waals surface area contributed by atoms with E-state index in [0.717, 1.165) is 19.3 Å². The molecule has 1 fully saturated rings. The molecule has 5 rings (SSSR count). The Morgan fingerprint density at radius 3 is 2.94 bits per heavy atom. The van der Waals surface area contributed by atoms with Crippen LogP contribution in [0, 0.1) is 0 Å². The normalized spacial score (nSPS) is 19.0. The fourth-order valence-corrected chi connectivity index (χ4v) is 5.06. The summed E-state index contributed by atoms with van der Waals surface area (Å²) < 4.78 is 37.3. The zero-order chi connectivity index (χ0) is 23.7. The van der Waals surface area contributed by atoms with Gasteiger partial charge in [-0.25, -0.2) is 9.97 Å². The first kappa shape index (κ1) is 21.9. The van der Waals surface area contributed by atoms with Gasteiger partial charge in [-0.3, -0.25) is 14.1 Å². The lowest BCUT2D eigenvalue weighted by Crippen LogP contribution is -2.46. The maximum atomic E-state index is 13.4. The minimum Gasteiger partial charge on any atom is -0.491 e. The van der Waals surface area contributed by atoms with Gasteiger partial charge in [-0.1, -0.05) is 6.07 Å². The van der Waals surface area contributed by atoms with Gasteiger partial charge in [-0.2, -0.15) is 8.42 Å². The van der Waals surface area contributed by atoms with E-state index in [1.54, 1.807) is 59.8 Å². The summed E-state index contributed by atoms with van der Waals surface area (Å²) in [7, 11) is -3.87. The Balaban J connectivity index is 1.35. The number of nitrogens with zero attached hydrogens (tertiary/aromatic N) is 5. The Morgan fingerprint density at radius 1 is 1.24 bits per heavy atom. The fraction of sp³-hybridized carbons (Fsp3) is 0.273. The molecule has 1 aromatic carbocycles. The summed E-state index contributed by atoms with van der Waals surface area (Å²) in [6.07, 6.45) is 9.33. The number of pyridine rings is 1. The molecule has 2 aromatic heterocycles. The molecular formula is C22H23N7O4S. The number of amidine groups is 1. The van der Waals surface area contributed by atoms with E-state index in [9.17, 15) is 13.2 Å². The molecular weight excluding hydrogens is 458 g/mol. The molecule has 3 N–H and O–H groups in total. The van der Waals surface area contributed by atoms with Crippen molar-refractivity contribution in [2.24, 2.45) is 10.1 Å². The van der Waals surface area contributed by atoms with Gasteiger partial charge in [-0.15, -0.1) is 4.40 Å². The highest BCUT2D eigenvalue weighted by Crippen LogP contribution is 2.31. The van der Waals surface area contributed by atoms with Gasteiger partial charge in [0.1, 0.15) is 24.5 Å². The highest BCUT2D eigenvalue weighted by Gasteiger charge is 2.30. The molecule has 2 aliphatic rings. The Kier molecular flexibility index (Phi) is 5.65. The lowest BCUT2D eigenvalue weighted by Gasteiger charge is -2.36. The van der Waals surface area contributed by atoms with E-state index in [4.69, 9.17) is 10.5 Å². The molecule has 0 saturated carbocycles. The quantitative estimate of drug-likeness (QED) is 0.564. The van der Waals surface area contributed by atoms with E-state index in [1.165, 1.54) is 0 Å². The summed E-state index contributed by atoms with van der Waals surface area (Å²) in [5, 5.41) is 0. The summed E-state index contributed by atoms with van der Waals surface area (Å²) in [6.45, 7) is 0.855. The monoisotopic (exact) mass is 481 g/mol. The molecule has 0 aliphatic carbocycles. The maximum Gasteiger partial charge on any atom is 0.344 e. The molecule has 0 bridgehead atoms. The summed E-state index contributed by atoms with van der Waals surface area (Å²) >= 11 is 0. The van der Waals surface area contributed by atoms with Crippen LogP contribution in [0.1, 0.15) is 35.2 Å². The number of carbonyl (C=O) groups excluding carboxylic acids is 1. The molecule has 2 aliphatic heterocycles. The van der Waals surface area contributed by atoms with Crippen molar-refractivity contribution >= 4 is 27.6 Å². The maximum absolute atomic E-state index is 13.4. The number of likely N-dealkylation sites (tertiary alicyclic amines) is 1. The van der Waals surface area contributed by atoms with Crippen LogP contribution in [0.3, 0.4) is 0 Å². The molecule has 1 unspecified atom stereocenters. The van der Waals surface area contributed by atoms with Crippen LogP contribution in [0.25, 0.3) is 5.82 Å². The largest absolute Gasteiger partial charge is 0.491 e. The SMILES string of the molecule is NC1=NS(=O)(=O)Nc2cccc(OCC3CCCCN3C(=O)c3ccnc(-n4ccnc4)c3)c21. The number of rotatable bonds is 5. The smallest absolute Gasteiger partial charge is 0.344 e. The zero-order valence-corrected chi connectivity index (χ0v) is 19.0. The number of anilines is 1. The van der Waals surface area contributed by atoms with Crippen molar-refractivity contribution in [3.8, 4) is 11.6 Å². The zero-order valence-electron chi connectivity index (χ0n) is 18.2. The van der Waals surface area contributed by atoms with Crippen molar-refractivity contribution in [1.29, 1.82) is 0 Å². The van der Waals surface area contributed by atoms with Crippen LogP contribution in [-0.4, -0.2) is 58.8 Å². The van der Waals surface area contributed by atoms with Crippen molar-refractivity contribution in [2.45, 2.75) is 25.3 Å². The van der Waals surface area contributed by atoms with Gasteiger partial charge in [-0.05, 0) is 43.5 Å². The van der Waals surface area contributed by atoms with Crippen molar-refractivity contribution in [3.63, 3.8) is 0 Å². The first-order valence-electron chi connectivity index (χ1n) is 10.8. The summed E-state index contributed by atoms with van der Waals surface area (Å²) in [5.74, 6) is 0.789. The van der Waals surface area contributed by atoms with Gasteiger partial charge in [0.25, 0.3) is 5.91 Å². The number of nitrogens with one attached hydrogen (secondary N) is 1. The average molecular weight is 482 g/mol. The van der Waals surface area contributed by atoms with Crippen molar-refractivity contribution in [2.75, 3.05) is 17.9 Å². The Labute approximate surface area is 196 Å². The number of ether oxygens (including phenoxy) is 1. The van der Waals surface area contributed by atoms with E-state index in [0.29, 0.717) is 34.9 Å². The number of nitrogens with two attached hydrogens (primary N) is 1. The molecule has 4 heterocycles. The predicted octanol–water partition coefficient (Wildman–Crippen LogP) is 1.72. The summed E-state index contributed by atoms with van der Waals surface area (Å²) in [4.78, 5) is 23.6. The van der Waals surface area contributed by atoms with Gasteiger partial charge in [0.05, 0.1) is 17.3 Å². The number of amides is 1. The number of imidazole rings is 1. The van der Waals surface area contributed by atoms with Crippen molar-refractivity contribution in [1.82, 2.24) is 19.4 Å². The molecule has 1 atom stereocenters. The molecule has 12 heteroatoms. The molecule has 34 heavy (non-hydrogen) atoms. The van der Waals surface area contributed by atoms with E-state index < -0.39 is 10.2 Å². The van der Waals surface area contributed by atoms with E-state index in [1.807, 2.05) is 4.90 Å². The van der Waals surface area contributed by atoms with Crippen LogP contribution in [0.5, 0.6) is 5.75 Å². The predicted molar refractivity (Wildman–Crippen MR) is 125 cm³/mol. The third-order valence-corrected chi connectivity index (χ3v) is 6.74. The number of fused-ring (bicyclic) bond motifs is 1. The number of piperidine rings is 1. The molecule has 1 amide bonds. The van der Waals surface area contributed by atoms with E-state index in [2.05, 4.69) is 19.1 Å². The van der Waals surface area contributed by atoms with Crippen LogP contribution < -0.4 is 15.2 Å². The molecule has 176 valence electrons. The fourth-order valence-electron chi connectivity index (χ4n) is 4.22. The first-order valence-corrected chi connectivity index (χ1v) is 12.2. The molecule has 1 saturated heterocycles. The Bertz CT molecular complexity index is 1360. The van der Waals surface area contributed by atoms with Crippen molar-refractivity contribution in [3.05, 3.63) is 66.4 Å². The van der Waals surface area contributed by atoms with Crippen LogP contribution in [-0.2, 0) is 10.2 Å². The minimum absolute atomic E-state index is 0.0963. The number of aromatic nitrogens is 3. The first-order chi connectivity index (χ1) is 16.4. The number of benzene rings is 1. The molecule has 3 aromatic rings. The number of hydrogen-bond acceptors (Lipinski definition) is 7. The van der Waals surface area contributed by atoms with Crippen LogP contribution in [0.4, 0.5) is 5.69 Å². The third kappa shape index (κ3) is 4.31. The summed E-state index contributed by atoms with van der Waals surface area (Å²) in [6, 6.07) is 8.27. The lowest BCUT2D eigenvalue weighted by atomic mass is 10.0. The van der Waals surface area contributed by atoms with Crippen LogP contribution >= 0.6 is 0 Å². The average Bonchev–Trinajstić information content (AvgIpc) is 3.37. The second-order valence-electron chi connectivity index (χ2n) is 8.06. The van der Waals surface area contributed by atoms with Gasteiger partial charge in [0.15, 0.2) is 5.84 Å². The van der Waals surface area contributed by atoms with E-state index >= 15 is 0 Å². The topological polar surface area (TPSA) is 145 Å². The third-order valence-electron chi connectivity index (χ3n) is 5.82. The molecule has 0 radical (unpaired) electrons. The highest BCUT2D eigenvalue weighted by molar-refractivity contribution is 7.91. The number of carbonyl (C=O) groups is 1. The molecule has 11 nitrogen and oxygen atoms in total. The van der Waals surface area contributed by atoms with E-state index in [-0.39, 0.29) is 24.4 Å². The van der Waals surface area contributed by atoms with Gasteiger partial charge >= 0.3 is 10.2 Å². The van der Waals surface area contributed by atoms with Crippen LogP contribution in [0.2, 0.25) is 0 Å². The van der Waals surface area contributed by atoms with Gasteiger partial charge < -0.3 is 15.4 Å². The van der Waals surface area contributed by atoms with Gasteiger partial charge in [0.2, 0.25) is 0 Å². The van der Waals surface area contributed by atoms with Gasteiger partial charge in [0, 0.05) is 30.7 Å². The Hall–Kier alpha value is -3.93. The van der Waals surface area contributed by atoms with Crippen LogP contribution in [0.15, 0.2) is 59.6 Å². The summed E-state index contributed by atoms with van der Waals surface area (Å²) in [5.41, 5.74) is 7.15. The Morgan fingerprint density at radius 2 is 2.12 bits per heavy atom. The molecule has 0 spiro atoms.